The van der Waals surface area contributed by atoms with E-state index in [1.807, 2.05) is 36.6 Å². The summed E-state index contributed by atoms with van der Waals surface area (Å²) in [5.41, 5.74) is 4.15. The van der Waals surface area contributed by atoms with Gasteiger partial charge in [0.15, 0.2) is 5.78 Å². The average Bonchev–Trinajstić information content (AvgIpc) is 3.01. The van der Waals surface area contributed by atoms with Gasteiger partial charge in [0.1, 0.15) is 0 Å². The maximum atomic E-state index is 12.9. The molecule has 1 aromatic carbocycles. The van der Waals surface area contributed by atoms with Gasteiger partial charge < -0.3 is 15.0 Å². The van der Waals surface area contributed by atoms with Crippen LogP contribution in [0.3, 0.4) is 0 Å². The van der Waals surface area contributed by atoms with E-state index in [0.29, 0.717) is 24.6 Å². The van der Waals surface area contributed by atoms with Gasteiger partial charge in [-0.2, -0.15) is 5.26 Å². The number of carbonyl (C=O) groups is 2. The number of Topliss-reactive ketones (excluding diaryl/α,β-unsaturated/α-hetero) is 1. The van der Waals surface area contributed by atoms with Crippen molar-refractivity contribution in [2.75, 3.05) is 26.2 Å². The molecule has 1 aromatic heterocycles. The van der Waals surface area contributed by atoms with Crippen LogP contribution < -0.4 is 5.32 Å². The lowest BCUT2D eigenvalue weighted by Gasteiger charge is -2.31. The standard InChI is InChI=1S/C22H26N4O3/c1-15-11-20(16(2)26(15)19-5-3-17(12-23)4-6-19)21(27)14-25-9-7-18(8-10-25)13-24-22(28)29/h3-6,11,18,24H,7-10,13-14H2,1-2H3,(H,28,29). The molecule has 152 valence electrons. The lowest BCUT2D eigenvalue weighted by Crippen LogP contribution is -2.40. The SMILES string of the molecule is Cc1cc(C(=O)CN2CCC(CNC(=O)O)CC2)c(C)n1-c1ccc(C#N)cc1. The Kier molecular flexibility index (Phi) is 6.35. The van der Waals surface area contributed by atoms with Gasteiger partial charge in [0, 0.05) is 29.2 Å². The number of piperidine rings is 1. The monoisotopic (exact) mass is 394 g/mol. The van der Waals surface area contributed by atoms with Crippen molar-refractivity contribution in [1.82, 2.24) is 14.8 Å². The van der Waals surface area contributed by atoms with E-state index in [1.54, 1.807) is 12.1 Å². The van der Waals surface area contributed by atoms with Crippen LogP contribution in [0, 0.1) is 31.1 Å². The minimum atomic E-state index is -0.986. The number of hydrogen-bond acceptors (Lipinski definition) is 4. The second-order valence-electron chi connectivity index (χ2n) is 7.61. The van der Waals surface area contributed by atoms with Gasteiger partial charge in [-0.25, -0.2) is 4.79 Å². The Labute approximate surface area is 170 Å². The zero-order valence-electron chi connectivity index (χ0n) is 16.8. The molecule has 0 radical (unpaired) electrons. The van der Waals surface area contributed by atoms with E-state index < -0.39 is 6.09 Å². The minimum absolute atomic E-state index is 0.0973. The third-order valence-electron chi connectivity index (χ3n) is 5.60. The van der Waals surface area contributed by atoms with Crippen molar-refractivity contribution in [2.45, 2.75) is 26.7 Å². The number of benzene rings is 1. The topological polar surface area (TPSA) is 98.4 Å². The number of aryl methyl sites for hydroxylation is 1. The fraction of sp³-hybridized carbons (Fsp3) is 0.409. The molecule has 2 N–H and O–H groups in total. The molecule has 0 unspecified atom stereocenters. The molecule has 3 rings (SSSR count). The lowest BCUT2D eigenvalue weighted by molar-refractivity contribution is 0.0895. The van der Waals surface area contributed by atoms with Crippen LogP contribution in [-0.4, -0.2) is 52.6 Å². The number of ketones is 1. The van der Waals surface area contributed by atoms with Gasteiger partial charge in [-0.15, -0.1) is 0 Å². The summed E-state index contributed by atoms with van der Waals surface area (Å²) >= 11 is 0. The molecular formula is C22H26N4O3. The second-order valence-corrected chi connectivity index (χ2v) is 7.61. The molecular weight excluding hydrogens is 368 g/mol. The molecule has 7 nitrogen and oxygen atoms in total. The van der Waals surface area contributed by atoms with Crippen molar-refractivity contribution in [1.29, 1.82) is 5.26 Å². The number of hydrogen-bond donors (Lipinski definition) is 2. The number of rotatable bonds is 6. The van der Waals surface area contributed by atoms with Gasteiger partial charge in [0.05, 0.1) is 18.2 Å². The average molecular weight is 394 g/mol. The summed E-state index contributed by atoms with van der Waals surface area (Å²) in [6.07, 6.45) is 0.788. The number of likely N-dealkylation sites (tertiary alicyclic amines) is 1. The number of nitriles is 1. The summed E-state index contributed by atoms with van der Waals surface area (Å²) in [4.78, 5) is 25.7. The van der Waals surface area contributed by atoms with E-state index in [-0.39, 0.29) is 5.78 Å². The third kappa shape index (κ3) is 4.84. The van der Waals surface area contributed by atoms with Gasteiger partial charge in [0.25, 0.3) is 0 Å². The highest BCUT2D eigenvalue weighted by Gasteiger charge is 2.23. The molecule has 1 aliphatic rings. The van der Waals surface area contributed by atoms with Crippen molar-refractivity contribution in [2.24, 2.45) is 5.92 Å². The fourth-order valence-corrected chi connectivity index (χ4v) is 4.00. The van der Waals surface area contributed by atoms with Crippen LogP contribution in [0.2, 0.25) is 0 Å². The number of amides is 1. The maximum Gasteiger partial charge on any atom is 0.404 e. The molecule has 1 amide bonds. The summed E-state index contributed by atoms with van der Waals surface area (Å²) in [6, 6.07) is 11.4. The molecule has 29 heavy (non-hydrogen) atoms. The molecule has 1 saturated heterocycles. The van der Waals surface area contributed by atoms with Crippen molar-refractivity contribution in [3.8, 4) is 11.8 Å². The predicted molar refractivity (Wildman–Crippen MR) is 109 cm³/mol. The summed E-state index contributed by atoms with van der Waals surface area (Å²) in [5.74, 6) is 0.430. The maximum absolute atomic E-state index is 12.9. The molecule has 0 bridgehead atoms. The number of nitrogens with one attached hydrogen (secondary N) is 1. The number of aromatic nitrogens is 1. The molecule has 0 saturated carbocycles. The quantitative estimate of drug-likeness (QED) is 0.734. The van der Waals surface area contributed by atoms with Crippen LogP contribution in [0.15, 0.2) is 30.3 Å². The highest BCUT2D eigenvalue weighted by atomic mass is 16.4. The molecule has 2 heterocycles. The molecule has 0 spiro atoms. The van der Waals surface area contributed by atoms with Gasteiger partial charge in [-0.3, -0.25) is 9.69 Å². The summed E-state index contributed by atoms with van der Waals surface area (Å²) < 4.78 is 2.04. The van der Waals surface area contributed by atoms with Crippen LogP contribution >= 0.6 is 0 Å². The molecule has 0 aliphatic carbocycles. The third-order valence-corrected chi connectivity index (χ3v) is 5.60. The van der Waals surface area contributed by atoms with Crippen molar-refractivity contribution in [3.05, 3.63) is 52.8 Å². The Balaban J connectivity index is 1.65. The molecule has 0 atom stereocenters. The van der Waals surface area contributed by atoms with E-state index in [1.165, 1.54) is 0 Å². The predicted octanol–water partition coefficient (Wildman–Crippen LogP) is 3.13. The van der Waals surface area contributed by atoms with Crippen molar-refractivity contribution in [3.63, 3.8) is 0 Å². The second kappa shape index (κ2) is 8.93. The molecule has 2 aromatic rings. The van der Waals surface area contributed by atoms with Crippen LogP contribution in [0.25, 0.3) is 5.69 Å². The normalized spacial score (nSPS) is 15.1. The molecule has 1 aliphatic heterocycles. The van der Waals surface area contributed by atoms with E-state index in [4.69, 9.17) is 10.4 Å². The van der Waals surface area contributed by atoms with E-state index in [0.717, 1.165) is 48.6 Å². The number of carboxylic acid groups (broad SMARTS) is 1. The van der Waals surface area contributed by atoms with Crippen molar-refractivity contribution >= 4 is 11.9 Å². The zero-order valence-corrected chi connectivity index (χ0v) is 16.8. The lowest BCUT2D eigenvalue weighted by atomic mass is 9.96. The summed E-state index contributed by atoms with van der Waals surface area (Å²) in [6.45, 7) is 6.36. The van der Waals surface area contributed by atoms with E-state index in [2.05, 4.69) is 16.3 Å². The van der Waals surface area contributed by atoms with Crippen LogP contribution in [0.4, 0.5) is 4.79 Å². The van der Waals surface area contributed by atoms with Gasteiger partial charge >= 0.3 is 6.09 Å². The molecule has 7 heteroatoms. The summed E-state index contributed by atoms with van der Waals surface area (Å²) in [7, 11) is 0. The number of nitrogens with zero attached hydrogens (tertiary/aromatic N) is 3. The largest absolute Gasteiger partial charge is 0.465 e. The highest BCUT2D eigenvalue weighted by molar-refractivity contribution is 5.99. The zero-order chi connectivity index (χ0) is 21.0. The Morgan fingerprint density at radius 2 is 1.86 bits per heavy atom. The number of carbonyl (C=O) groups excluding carboxylic acids is 1. The van der Waals surface area contributed by atoms with Gasteiger partial charge in [0.2, 0.25) is 0 Å². The minimum Gasteiger partial charge on any atom is -0.465 e. The van der Waals surface area contributed by atoms with Gasteiger partial charge in [-0.1, -0.05) is 0 Å². The first-order valence-electron chi connectivity index (χ1n) is 9.81. The highest BCUT2D eigenvalue weighted by Crippen LogP contribution is 2.23. The molecule has 1 fully saturated rings. The Hall–Kier alpha value is -3.11. The smallest absolute Gasteiger partial charge is 0.404 e. The summed E-state index contributed by atoms with van der Waals surface area (Å²) in [5, 5.41) is 20.1. The first-order chi connectivity index (χ1) is 13.9. The first-order valence-corrected chi connectivity index (χ1v) is 9.81. The Morgan fingerprint density at radius 1 is 1.21 bits per heavy atom. The van der Waals surface area contributed by atoms with Gasteiger partial charge in [-0.05, 0) is 76.0 Å². The van der Waals surface area contributed by atoms with Crippen molar-refractivity contribution < 1.29 is 14.7 Å². The Morgan fingerprint density at radius 3 is 2.45 bits per heavy atom. The van der Waals surface area contributed by atoms with Crippen LogP contribution in [0.5, 0.6) is 0 Å². The fourth-order valence-electron chi connectivity index (χ4n) is 4.00. The van der Waals surface area contributed by atoms with E-state index >= 15 is 0 Å². The first kappa shape index (κ1) is 20.6. The van der Waals surface area contributed by atoms with Crippen LogP contribution in [0.1, 0.15) is 40.2 Å². The Bertz CT molecular complexity index is 932. The van der Waals surface area contributed by atoms with E-state index in [9.17, 15) is 9.59 Å². The van der Waals surface area contributed by atoms with Crippen LogP contribution in [-0.2, 0) is 0 Å².